The van der Waals surface area contributed by atoms with Gasteiger partial charge in [-0.2, -0.15) is 0 Å². The van der Waals surface area contributed by atoms with Crippen LogP contribution in [-0.2, 0) is 6.54 Å². The third kappa shape index (κ3) is 4.34. The van der Waals surface area contributed by atoms with Gasteiger partial charge in [0.1, 0.15) is 5.82 Å². The van der Waals surface area contributed by atoms with E-state index in [0.717, 1.165) is 5.56 Å². The summed E-state index contributed by atoms with van der Waals surface area (Å²) in [4.78, 5) is 0. The van der Waals surface area contributed by atoms with Crippen molar-refractivity contribution in [3.8, 4) is 0 Å². The molecule has 0 saturated heterocycles. The van der Waals surface area contributed by atoms with Crippen molar-refractivity contribution < 1.29 is 4.39 Å². The van der Waals surface area contributed by atoms with Gasteiger partial charge in [0.25, 0.3) is 0 Å². The summed E-state index contributed by atoms with van der Waals surface area (Å²) in [5, 5.41) is 6.52. The molecule has 0 bridgehead atoms. The molecule has 4 heteroatoms. The van der Waals surface area contributed by atoms with Gasteiger partial charge in [-0.25, -0.2) is 4.39 Å². The maximum absolute atomic E-state index is 13.0. The van der Waals surface area contributed by atoms with E-state index in [-0.39, 0.29) is 5.82 Å². The van der Waals surface area contributed by atoms with E-state index in [1.165, 1.54) is 17.7 Å². The summed E-state index contributed by atoms with van der Waals surface area (Å²) in [6.07, 6.45) is 0. The van der Waals surface area contributed by atoms with Crippen LogP contribution in [0.1, 0.15) is 11.1 Å². The molecule has 98 valence electrons. The number of halogens is 1. The van der Waals surface area contributed by atoms with Crippen LogP contribution in [0.15, 0.2) is 48.5 Å². The smallest absolute Gasteiger partial charge is 0.171 e. The van der Waals surface area contributed by atoms with E-state index in [1.807, 2.05) is 25.1 Å². The van der Waals surface area contributed by atoms with Crippen LogP contribution in [-0.4, -0.2) is 5.11 Å². The molecule has 0 aliphatic heterocycles. The highest BCUT2D eigenvalue weighted by molar-refractivity contribution is 7.80. The quantitative estimate of drug-likeness (QED) is 0.836. The summed E-state index contributed by atoms with van der Waals surface area (Å²) < 4.78 is 13.0. The lowest BCUT2D eigenvalue weighted by molar-refractivity contribution is 0.628. The van der Waals surface area contributed by atoms with Gasteiger partial charge in [-0.05, 0) is 42.9 Å². The van der Waals surface area contributed by atoms with Crippen LogP contribution < -0.4 is 10.6 Å². The average Bonchev–Trinajstić information content (AvgIpc) is 2.36. The second-order valence-electron chi connectivity index (χ2n) is 4.31. The maximum atomic E-state index is 13.0. The van der Waals surface area contributed by atoms with E-state index in [4.69, 9.17) is 12.2 Å². The molecule has 0 heterocycles. The van der Waals surface area contributed by atoms with Crippen molar-refractivity contribution in [1.29, 1.82) is 0 Å². The van der Waals surface area contributed by atoms with Gasteiger partial charge in [-0.15, -0.1) is 0 Å². The number of hydrogen-bond donors (Lipinski definition) is 2. The second-order valence-corrected chi connectivity index (χ2v) is 4.72. The molecule has 0 spiro atoms. The topological polar surface area (TPSA) is 24.1 Å². The van der Waals surface area contributed by atoms with Crippen LogP contribution in [0, 0.1) is 12.7 Å². The molecule has 0 radical (unpaired) electrons. The van der Waals surface area contributed by atoms with Crippen LogP contribution in [0.4, 0.5) is 10.1 Å². The minimum atomic E-state index is -0.286. The lowest BCUT2D eigenvalue weighted by Crippen LogP contribution is -2.27. The first kappa shape index (κ1) is 13.5. The third-order valence-corrected chi connectivity index (χ3v) is 2.86. The Bertz CT molecular complexity index is 584. The number of benzene rings is 2. The summed E-state index contributed by atoms with van der Waals surface area (Å²) in [7, 11) is 0. The van der Waals surface area contributed by atoms with Gasteiger partial charge in [0.05, 0.1) is 0 Å². The summed E-state index contributed by atoms with van der Waals surface area (Å²) >= 11 is 5.17. The summed E-state index contributed by atoms with van der Waals surface area (Å²) in [6, 6.07) is 14.4. The molecular weight excluding hydrogens is 259 g/mol. The monoisotopic (exact) mass is 274 g/mol. The fourth-order valence-corrected chi connectivity index (χ4v) is 1.94. The molecule has 19 heavy (non-hydrogen) atoms. The fourth-order valence-electron chi connectivity index (χ4n) is 1.75. The van der Waals surface area contributed by atoms with Gasteiger partial charge in [0, 0.05) is 12.2 Å². The molecule has 0 amide bonds. The number of nitrogens with one attached hydrogen (secondary N) is 2. The van der Waals surface area contributed by atoms with Crippen LogP contribution >= 0.6 is 12.2 Å². The van der Waals surface area contributed by atoms with E-state index < -0.39 is 0 Å². The Morgan fingerprint density at radius 3 is 2.68 bits per heavy atom. The van der Waals surface area contributed by atoms with Crippen molar-refractivity contribution >= 4 is 23.0 Å². The highest BCUT2D eigenvalue weighted by Crippen LogP contribution is 2.09. The molecule has 2 N–H and O–H groups in total. The van der Waals surface area contributed by atoms with Gasteiger partial charge in [0.2, 0.25) is 0 Å². The molecule has 0 unspecified atom stereocenters. The molecule has 0 aliphatic rings. The molecule has 0 aliphatic carbocycles. The molecule has 0 fully saturated rings. The van der Waals surface area contributed by atoms with Gasteiger partial charge in [0.15, 0.2) is 5.11 Å². The zero-order valence-electron chi connectivity index (χ0n) is 10.6. The Hall–Kier alpha value is -1.94. The minimum Gasteiger partial charge on any atom is -0.358 e. The first-order valence-electron chi connectivity index (χ1n) is 5.99. The summed E-state index contributed by atoms with van der Waals surface area (Å²) in [5.74, 6) is -0.286. The van der Waals surface area contributed by atoms with Crippen LogP contribution in [0.3, 0.4) is 0 Å². The van der Waals surface area contributed by atoms with Crippen LogP contribution in [0.2, 0.25) is 0 Å². The first-order valence-corrected chi connectivity index (χ1v) is 6.40. The molecule has 2 aromatic rings. The highest BCUT2D eigenvalue weighted by Gasteiger charge is 1.99. The molecule has 0 atom stereocenters. The van der Waals surface area contributed by atoms with Crippen molar-refractivity contribution in [3.63, 3.8) is 0 Å². The molecule has 2 rings (SSSR count). The number of anilines is 1. The highest BCUT2D eigenvalue weighted by atomic mass is 32.1. The SMILES string of the molecule is Cc1cccc(CNC(=S)Nc2cccc(F)c2)c1. The third-order valence-electron chi connectivity index (χ3n) is 2.62. The predicted octanol–water partition coefficient (Wildman–Crippen LogP) is 3.62. The van der Waals surface area contributed by atoms with Gasteiger partial charge >= 0.3 is 0 Å². The standard InChI is InChI=1S/C15H15FN2S/c1-11-4-2-5-12(8-11)10-17-15(19)18-14-7-3-6-13(16)9-14/h2-9H,10H2,1H3,(H2,17,18,19). The summed E-state index contributed by atoms with van der Waals surface area (Å²) in [5.41, 5.74) is 3.01. The number of rotatable bonds is 3. The summed E-state index contributed by atoms with van der Waals surface area (Å²) in [6.45, 7) is 2.69. The largest absolute Gasteiger partial charge is 0.358 e. The zero-order chi connectivity index (χ0) is 13.7. The number of thiocarbonyl (C=S) groups is 1. The van der Waals surface area contributed by atoms with Gasteiger partial charge < -0.3 is 10.6 Å². The van der Waals surface area contributed by atoms with Gasteiger partial charge in [-0.1, -0.05) is 35.9 Å². The minimum absolute atomic E-state index is 0.286. The lowest BCUT2D eigenvalue weighted by Gasteiger charge is -2.11. The Balaban J connectivity index is 1.88. The van der Waals surface area contributed by atoms with Crippen LogP contribution in [0.25, 0.3) is 0 Å². The molecular formula is C15H15FN2S. The predicted molar refractivity (Wildman–Crippen MR) is 80.6 cm³/mol. The van der Waals surface area contributed by atoms with E-state index >= 15 is 0 Å². The lowest BCUT2D eigenvalue weighted by atomic mass is 10.1. The Labute approximate surface area is 117 Å². The number of aryl methyl sites for hydroxylation is 1. The van der Waals surface area contributed by atoms with Crippen molar-refractivity contribution in [1.82, 2.24) is 5.32 Å². The maximum Gasteiger partial charge on any atom is 0.171 e. The molecule has 2 aromatic carbocycles. The van der Waals surface area contributed by atoms with Gasteiger partial charge in [-0.3, -0.25) is 0 Å². The van der Waals surface area contributed by atoms with Crippen molar-refractivity contribution in [2.75, 3.05) is 5.32 Å². The van der Waals surface area contributed by atoms with Crippen LogP contribution in [0.5, 0.6) is 0 Å². The van der Waals surface area contributed by atoms with Crippen molar-refractivity contribution in [2.24, 2.45) is 0 Å². The molecule has 2 nitrogen and oxygen atoms in total. The van der Waals surface area contributed by atoms with E-state index in [2.05, 4.69) is 16.7 Å². The fraction of sp³-hybridized carbons (Fsp3) is 0.133. The second kappa shape index (κ2) is 6.29. The van der Waals surface area contributed by atoms with Crippen molar-refractivity contribution in [2.45, 2.75) is 13.5 Å². The molecule has 0 saturated carbocycles. The Morgan fingerprint density at radius 1 is 1.16 bits per heavy atom. The van der Waals surface area contributed by atoms with E-state index in [1.54, 1.807) is 12.1 Å². The Kier molecular flexibility index (Phi) is 4.47. The van der Waals surface area contributed by atoms with E-state index in [9.17, 15) is 4.39 Å². The van der Waals surface area contributed by atoms with Crippen molar-refractivity contribution in [3.05, 3.63) is 65.5 Å². The first-order chi connectivity index (χ1) is 9.13. The average molecular weight is 274 g/mol. The van der Waals surface area contributed by atoms with E-state index in [0.29, 0.717) is 17.3 Å². The normalized spacial score (nSPS) is 10.0. The number of hydrogen-bond acceptors (Lipinski definition) is 1. The zero-order valence-corrected chi connectivity index (χ0v) is 11.4. The Morgan fingerprint density at radius 2 is 1.95 bits per heavy atom. The molecule has 0 aromatic heterocycles.